The number of thioether (sulfide) groups is 1. The Bertz CT molecular complexity index is 444. The van der Waals surface area contributed by atoms with Gasteiger partial charge in [0.2, 0.25) is 0 Å². The summed E-state index contributed by atoms with van der Waals surface area (Å²) in [4.78, 5) is 13.2. The van der Waals surface area contributed by atoms with Gasteiger partial charge in [0.15, 0.2) is 0 Å². The molecule has 0 spiro atoms. The molecule has 1 aliphatic rings. The zero-order valence-corrected chi connectivity index (χ0v) is 12.1. The van der Waals surface area contributed by atoms with E-state index in [1.165, 1.54) is 0 Å². The van der Waals surface area contributed by atoms with E-state index in [4.69, 9.17) is 9.47 Å². The van der Waals surface area contributed by atoms with E-state index >= 15 is 0 Å². The molecule has 4 nitrogen and oxygen atoms in total. The van der Waals surface area contributed by atoms with Crippen LogP contribution in [-0.2, 0) is 4.74 Å². The lowest BCUT2D eigenvalue weighted by Gasteiger charge is -2.13. The normalized spacial score (nSPS) is 18.3. The number of amides is 1. The summed E-state index contributed by atoms with van der Waals surface area (Å²) in [5.41, 5.74) is 0.568. The van der Waals surface area contributed by atoms with Gasteiger partial charge in [-0.1, -0.05) is 0 Å². The first-order valence-corrected chi connectivity index (χ1v) is 7.59. The van der Waals surface area contributed by atoms with Gasteiger partial charge in [0, 0.05) is 18.0 Å². The Morgan fingerprint density at radius 3 is 3.05 bits per heavy atom. The van der Waals surface area contributed by atoms with Gasteiger partial charge in [0.25, 0.3) is 5.91 Å². The molecule has 0 unspecified atom stereocenters. The van der Waals surface area contributed by atoms with Crippen LogP contribution >= 0.6 is 11.8 Å². The van der Waals surface area contributed by atoms with Gasteiger partial charge in [-0.25, -0.2) is 0 Å². The van der Waals surface area contributed by atoms with Crippen molar-refractivity contribution in [2.45, 2.75) is 23.8 Å². The minimum atomic E-state index is -0.111. The predicted molar refractivity (Wildman–Crippen MR) is 76.1 cm³/mol. The number of hydrogen-bond donors (Lipinski definition) is 1. The number of benzene rings is 1. The van der Waals surface area contributed by atoms with Crippen molar-refractivity contribution in [3.63, 3.8) is 0 Å². The van der Waals surface area contributed by atoms with Crippen LogP contribution in [0.4, 0.5) is 0 Å². The molecule has 1 amide bonds. The Hall–Kier alpha value is -1.20. The predicted octanol–water partition coefficient (Wildman–Crippen LogP) is 2.33. The molecule has 5 heteroatoms. The molecule has 0 aliphatic carbocycles. The average molecular weight is 281 g/mol. The van der Waals surface area contributed by atoms with E-state index < -0.39 is 0 Å². The van der Waals surface area contributed by atoms with Crippen molar-refractivity contribution in [2.24, 2.45) is 0 Å². The fourth-order valence-corrected chi connectivity index (χ4v) is 2.52. The van der Waals surface area contributed by atoms with E-state index in [0.29, 0.717) is 17.9 Å². The van der Waals surface area contributed by atoms with Crippen LogP contribution < -0.4 is 10.1 Å². The summed E-state index contributed by atoms with van der Waals surface area (Å²) in [5, 5.41) is 2.90. The maximum atomic E-state index is 12.1. The van der Waals surface area contributed by atoms with Crippen molar-refractivity contribution < 1.29 is 14.3 Å². The highest BCUT2D eigenvalue weighted by Gasteiger charge is 2.18. The molecule has 1 aromatic carbocycles. The lowest BCUT2D eigenvalue weighted by atomic mass is 10.1. The Labute approximate surface area is 117 Å². The smallest absolute Gasteiger partial charge is 0.255 e. The number of nitrogens with one attached hydrogen (secondary N) is 1. The molecule has 0 radical (unpaired) electrons. The van der Waals surface area contributed by atoms with Crippen molar-refractivity contribution in [2.75, 3.05) is 26.5 Å². The number of methoxy groups -OCH3 is 1. The first-order valence-electron chi connectivity index (χ1n) is 6.36. The number of carbonyl (C=O) groups is 1. The Balaban J connectivity index is 2.01. The maximum Gasteiger partial charge on any atom is 0.255 e. The van der Waals surface area contributed by atoms with Crippen molar-refractivity contribution >= 4 is 17.7 Å². The van der Waals surface area contributed by atoms with E-state index in [9.17, 15) is 4.79 Å². The van der Waals surface area contributed by atoms with Gasteiger partial charge >= 0.3 is 0 Å². The lowest BCUT2D eigenvalue weighted by molar-refractivity contribution is 0.0855. The average Bonchev–Trinajstić information content (AvgIpc) is 2.97. The molecule has 19 heavy (non-hydrogen) atoms. The summed E-state index contributed by atoms with van der Waals surface area (Å²) in [7, 11) is 1.58. The number of hydrogen-bond acceptors (Lipinski definition) is 4. The Morgan fingerprint density at radius 2 is 2.42 bits per heavy atom. The standard InChI is InChI=1S/C14H19NO3S/c1-17-13-8-11(19-2)5-6-12(13)14(16)15-9-10-4-3-7-18-10/h5-6,8,10H,3-4,7,9H2,1-2H3,(H,15,16)/t10-/m1/s1. The zero-order chi connectivity index (χ0) is 13.7. The highest BCUT2D eigenvalue weighted by Crippen LogP contribution is 2.25. The van der Waals surface area contributed by atoms with Gasteiger partial charge < -0.3 is 14.8 Å². The van der Waals surface area contributed by atoms with E-state index in [-0.39, 0.29) is 12.0 Å². The lowest BCUT2D eigenvalue weighted by Crippen LogP contribution is -2.31. The molecule has 1 saturated heterocycles. The Morgan fingerprint density at radius 1 is 1.58 bits per heavy atom. The topological polar surface area (TPSA) is 47.6 Å². The molecule has 1 aromatic rings. The third kappa shape index (κ3) is 3.64. The first-order chi connectivity index (χ1) is 9.24. The molecule has 0 saturated carbocycles. The largest absolute Gasteiger partial charge is 0.496 e. The van der Waals surface area contributed by atoms with Crippen LogP contribution in [0.25, 0.3) is 0 Å². The third-order valence-electron chi connectivity index (χ3n) is 3.17. The molecule has 1 heterocycles. The number of carbonyl (C=O) groups excluding carboxylic acids is 1. The minimum Gasteiger partial charge on any atom is -0.496 e. The van der Waals surface area contributed by atoms with Gasteiger partial charge in [-0.2, -0.15) is 0 Å². The van der Waals surface area contributed by atoms with Crippen LogP contribution in [-0.4, -0.2) is 38.5 Å². The highest BCUT2D eigenvalue weighted by molar-refractivity contribution is 7.98. The van der Waals surface area contributed by atoms with Crippen molar-refractivity contribution in [3.05, 3.63) is 23.8 Å². The van der Waals surface area contributed by atoms with Crippen LogP contribution in [0.5, 0.6) is 5.75 Å². The van der Waals surface area contributed by atoms with Crippen LogP contribution in [0.1, 0.15) is 23.2 Å². The third-order valence-corrected chi connectivity index (χ3v) is 3.89. The second kappa shape index (κ2) is 6.82. The molecule has 1 fully saturated rings. The van der Waals surface area contributed by atoms with Gasteiger partial charge in [0.05, 0.1) is 18.8 Å². The summed E-state index contributed by atoms with van der Waals surface area (Å²) in [6.45, 7) is 1.36. The van der Waals surface area contributed by atoms with Crippen molar-refractivity contribution in [1.29, 1.82) is 0 Å². The molecule has 104 valence electrons. The molecule has 1 atom stereocenters. The van der Waals surface area contributed by atoms with Crippen molar-refractivity contribution in [1.82, 2.24) is 5.32 Å². The molecule has 2 rings (SSSR count). The minimum absolute atomic E-state index is 0.111. The summed E-state index contributed by atoms with van der Waals surface area (Å²) in [5.74, 6) is 0.497. The number of ether oxygens (including phenoxy) is 2. The molecule has 0 bridgehead atoms. The van der Waals surface area contributed by atoms with Crippen molar-refractivity contribution in [3.8, 4) is 5.75 Å². The molecule has 1 N–H and O–H groups in total. The summed E-state index contributed by atoms with van der Waals surface area (Å²) >= 11 is 1.62. The maximum absolute atomic E-state index is 12.1. The second-order valence-corrected chi connectivity index (χ2v) is 5.29. The van der Waals surface area contributed by atoms with Gasteiger partial charge in [-0.15, -0.1) is 11.8 Å². The van der Waals surface area contributed by atoms with Crippen LogP contribution in [0, 0.1) is 0 Å². The summed E-state index contributed by atoms with van der Waals surface area (Å²) < 4.78 is 10.8. The van der Waals surface area contributed by atoms with Crippen LogP contribution in [0.3, 0.4) is 0 Å². The molecule has 0 aromatic heterocycles. The molecule has 1 aliphatic heterocycles. The SMILES string of the molecule is COc1cc(SC)ccc1C(=O)NC[C@H]1CCCO1. The van der Waals surface area contributed by atoms with Gasteiger partial charge in [-0.05, 0) is 37.3 Å². The van der Waals surface area contributed by atoms with Crippen LogP contribution in [0.15, 0.2) is 23.1 Å². The fraction of sp³-hybridized carbons (Fsp3) is 0.500. The first kappa shape index (κ1) is 14.2. The van der Waals surface area contributed by atoms with E-state index in [0.717, 1.165) is 24.3 Å². The summed E-state index contributed by atoms with van der Waals surface area (Å²) in [6, 6.07) is 5.61. The molecular weight excluding hydrogens is 262 g/mol. The van der Waals surface area contributed by atoms with Gasteiger partial charge in [-0.3, -0.25) is 4.79 Å². The van der Waals surface area contributed by atoms with Gasteiger partial charge in [0.1, 0.15) is 5.75 Å². The zero-order valence-electron chi connectivity index (χ0n) is 11.3. The Kier molecular flexibility index (Phi) is 5.10. The van der Waals surface area contributed by atoms with E-state index in [2.05, 4.69) is 5.32 Å². The summed E-state index contributed by atoms with van der Waals surface area (Å²) in [6.07, 6.45) is 4.24. The van der Waals surface area contributed by atoms with Crippen LogP contribution in [0.2, 0.25) is 0 Å². The monoisotopic (exact) mass is 281 g/mol. The highest BCUT2D eigenvalue weighted by atomic mass is 32.2. The fourth-order valence-electron chi connectivity index (χ4n) is 2.09. The van der Waals surface area contributed by atoms with E-state index in [1.54, 1.807) is 24.9 Å². The molecular formula is C14H19NO3S. The van der Waals surface area contributed by atoms with E-state index in [1.807, 2.05) is 18.4 Å². The quantitative estimate of drug-likeness (QED) is 0.842. The second-order valence-electron chi connectivity index (χ2n) is 4.41. The number of rotatable bonds is 5.